The number of nitrogens with zero attached hydrogens (tertiary/aromatic N) is 3. The number of hydrogen-bond donors (Lipinski definition) is 0. The molecule has 20 heavy (non-hydrogen) atoms. The summed E-state index contributed by atoms with van der Waals surface area (Å²) >= 11 is 0. The number of non-ortho nitro benzene ring substituents is 1. The fraction of sp³-hybridized carbons (Fsp3) is 0.385. The Morgan fingerprint density at radius 2 is 2.00 bits per heavy atom. The summed E-state index contributed by atoms with van der Waals surface area (Å²) in [5.41, 5.74) is 0.687. The first-order chi connectivity index (χ1) is 9.65. The van der Waals surface area contributed by atoms with Gasteiger partial charge in [0.25, 0.3) is 5.69 Å². The van der Waals surface area contributed by atoms with Gasteiger partial charge >= 0.3 is 6.09 Å². The quantitative estimate of drug-likeness (QED) is 0.365. The third-order valence-electron chi connectivity index (χ3n) is 2.98. The van der Waals surface area contributed by atoms with Crippen molar-refractivity contribution in [3.8, 4) is 0 Å². The number of carbonyl (C=O) groups is 1. The van der Waals surface area contributed by atoms with Crippen LogP contribution in [0.2, 0.25) is 0 Å². The monoisotopic (exact) mass is 277 g/mol. The number of benzene rings is 1. The number of carbonyl (C=O) groups excluding carboxylic acids is 1. The van der Waals surface area contributed by atoms with Crippen LogP contribution in [0, 0.1) is 10.1 Å². The summed E-state index contributed by atoms with van der Waals surface area (Å²) in [7, 11) is 0. The van der Waals surface area contributed by atoms with Gasteiger partial charge in [-0.05, 0) is 30.5 Å². The molecule has 7 nitrogen and oxygen atoms in total. The Balaban J connectivity index is 1.79. The lowest BCUT2D eigenvalue weighted by Gasteiger charge is -2.08. The molecule has 0 bridgehead atoms. The maximum atomic E-state index is 11.4. The minimum Gasteiger partial charge on any atom is -0.443 e. The highest BCUT2D eigenvalue weighted by Crippen LogP contribution is 2.12. The molecular weight excluding hydrogens is 262 g/mol. The molecule has 1 fully saturated rings. The molecule has 0 aliphatic carbocycles. The summed E-state index contributed by atoms with van der Waals surface area (Å²) in [6.07, 6.45) is 3.08. The van der Waals surface area contributed by atoms with E-state index in [2.05, 4.69) is 4.99 Å². The van der Waals surface area contributed by atoms with Gasteiger partial charge in [-0.2, -0.15) is 4.99 Å². The van der Waals surface area contributed by atoms with Gasteiger partial charge in [-0.1, -0.05) is 0 Å². The molecule has 1 amide bonds. The second-order valence-corrected chi connectivity index (χ2v) is 4.47. The van der Waals surface area contributed by atoms with Crippen LogP contribution in [0.25, 0.3) is 0 Å². The summed E-state index contributed by atoms with van der Waals surface area (Å²) in [4.78, 5) is 27.1. The van der Waals surface area contributed by atoms with E-state index in [0.717, 1.165) is 25.9 Å². The molecule has 7 heteroatoms. The SMILES string of the molecule is O=C(N=CN1CCCC1)OCc1ccc([N+](=O)[O-])cc1. The van der Waals surface area contributed by atoms with Gasteiger partial charge in [0.15, 0.2) is 0 Å². The van der Waals surface area contributed by atoms with Gasteiger partial charge in [-0.25, -0.2) is 4.79 Å². The van der Waals surface area contributed by atoms with E-state index >= 15 is 0 Å². The predicted octanol–water partition coefficient (Wildman–Crippen LogP) is 2.36. The Hall–Kier alpha value is -2.44. The first-order valence-corrected chi connectivity index (χ1v) is 6.33. The zero-order valence-electron chi connectivity index (χ0n) is 10.9. The summed E-state index contributed by atoms with van der Waals surface area (Å²) < 4.78 is 4.95. The fourth-order valence-corrected chi connectivity index (χ4v) is 1.88. The largest absolute Gasteiger partial charge is 0.443 e. The summed E-state index contributed by atoms with van der Waals surface area (Å²) in [5, 5.41) is 10.5. The zero-order valence-corrected chi connectivity index (χ0v) is 10.9. The molecule has 0 unspecified atom stereocenters. The molecule has 1 aromatic rings. The molecule has 0 saturated carbocycles. The van der Waals surface area contributed by atoms with E-state index in [1.54, 1.807) is 12.1 Å². The Kier molecular flexibility index (Phi) is 4.65. The highest BCUT2D eigenvalue weighted by molar-refractivity contribution is 5.78. The molecule has 0 radical (unpaired) electrons. The van der Waals surface area contributed by atoms with E-state index in [-0.39, 0.29) is 12.3 Å². The second kappa shape index (κ2) is 6.65. The van der Waals surface area contributed by atoms with Crippen molar-refractivity contribution in [3.05, 3.63) is 39.9 Å². The summed E-state index contributed by atoms with van der Waals surface area (Å²) in [6.45, 7) is 1.88. The van der Waals surface area contributed by atoms with Crippen molar-refractivity contribution < 1.29 is 14.5 Å². The first kappa shape index (κ1) is 14.0. The highest BCUT2D eigenvalue weighted by Gasteiger charge is 2.09. The van der Waals surface area contributed by atoms with Gasteiger partial charge in [0.1, 0.15) is 6.61 Å². The number of likely N-dealkylation sites (tertiary alicyclic amines) is 1. The molecular formula is C13H15N3O4. The van der Waals surface area contributed by atoms with Crippen LogP contribution in [-0.2, 0) is 11.3 Å². The van der Waals surface area contributed by atoms with Crippen molar-refractivity contribution in [1.82, 2.24) is 4.90 Å². The molecule has 0 N–H and O–H groups in total. The van der Waals surface area contributed by atoms with Crippen LogP contribution in [0.1, 0.15) is 18.4 Å². The van der Waals surface area contributed by atoms with E-state index in [9.17, 15) is 14.9 Å². The number of aliphatic imine (C=N–C) groups is 1. The molecule has 1 saturated heterocycles. The van der Waals surface area contributed by atoms with E-state index in [1.165, 1.54) is 18.5 Å². The predicted molar refractivity (Wildman–Crippen MR) is 72.6 cm³/mol. The lowest BCUT2D eigenvalue weighted by Crippen LogP contribution is -2.17. The highest BCUT2D eigenvalue weighted by atomic mass is 16.6. The van der Waals surface area contributed by atoms with E-state index in [4.69, 9.17) is 4.74 Å². The smallest absolute Gasteiger partial charge is 0.435 e. The lowest BCUT2D eigenvalue weighted by atomic mass is 10.2. The van der Waals surface area contributed by atoms with Gasteiger partial charge in [0, 0.05) is 25.2 Å². The van der Waals surface area contributed by atoms with E-state index in [0.29, 0.717) is 5.56 Å². The first-order valence-electron chi connectivity index (χ1n) is 6.33. The number of nitro groups is 1. The van der Waals surface area contributed by atoms with Gasteiger partial charge in [0.05, 0.1) is 11.3 Å². The molecule has 1 aliphatic heterocycles. The summed E-state index contributed by atoms with van der Waals surface area (Å²) in [5.74, 6) is 0. The maximum absolute atomic E-state index is 11.4. The van der Waals surface area contributed by atoms with E-state index in [1.807, 2.05) is 4.90 Å². The van der Waals surface area contributed by atoms with Gasteiger partial charge in [-0.15, -0.1) is 0 Å². The average molecular weight is 277 g/mol. The molecule has 1 heterocycles. The number of ether oxygens (including phenoxy) is 1. The van der Waals surface area contributed by atoms with Gasteiger partial charge < -0.3 is 9.64 Å². The normalized spacial score (nSPS) is 14.7. The topological polar surface area (TPSA) is 85.0 Å². The van der Waals surface area contributed by atoms with Crippen LogP contribution in [0.4, 0.5) is 10.5 Å². The van der Waals surface area contributed by atoms with Crippen molar-refractivity contribution in [1.29, 1.82) is 0 Å². The van der Waals surface area contributed by atoms with Crippen LogP contribution in [0.15, 0.2) is 29.3 Å². The zero-order chi connectivity index (χ0) is 14.4. The van der Waals surface area contributed by atoms with Crippen LogP contribution in [0.3, 0.4) is 0 Å². The number of rotatable bonds is 4. The standard InChI is InChI=1S/C13H15N3O4/c17-13(14-10-15-7-1-2-8-15)20-9-11-3-5-12(6-4-11)16(18)19/h3-6,10H,1-2,7-9H2. The Labute approximate surface area is 116 Å². The average Bonchev–Trinajstić information content (AvgIpc) is 2.96. The van der Waals surface area contributed by atoms with Crippen LogP contribution >= 0.6 is 0 Å². The second-order valence-electron chi connectivity index (χ2n) is 4.47. The third kappa shape index (κ3) is 4.04. The molecule has 1 aromatic carbocycles. The van der Waals surface area contributed by atoms with Crippen LogP contribution in [-0.4, -0.2) is 35.3 Å². The number of amides is 1. The van der Waals surface area contributed by atoms with Gasteiger partial charge in [0.2, 0.25) is 0 Å². The minimum atomic E-state index is -0.657. The molecule has 106 valence electrons. The maximum Gasteiger partial charge on any atom is 0.435 e. The Morgan fingerprint density at radius 3 is 2.60 bits per heavy atom. The molecule has 2 rings (SSSR count). The minimum absolute atomic E-state index is 0.00660. The van der Waals surface area contributed by atoms with Crippen LogP contribution < -0.4 is 0 Å². The Morgan fingerprint density at radius 1 is 1.35 bits per heavy atom. The lowest BCUT2D eigenvalue weighted by molar-refractivity contribution is -0.384. The van der Waals surface area contributed by atoms with Crippen LogP contribution in [0.5, 0.6) is 0 Å². The third-order valence-corrected chi connectivity index (χ3v) is 2.98. The fourth-order valence-electron chi connectivity index (χ4n) is 1.88. The molecule has 0 aromatic heterocycles. The number of nitro benzene ring substituents is 1. The van der Waals surface area contributed by atoms with Crippen molar-refractivity contribution in [2.45, 2.75) is 19.4 Å². The van der Waals surface area contributed by atoms with Crippen molar-refractivity contribution >= 4 is 18.1 Å². The molecule has 1 aliphatic rings. The van der Waals surface area contributed by atoms with E-state index < -0.39 is 11.0 Å². The Bertz CT molecular complexity index is 507. The van der Waals surface area contributed by atoms with Crippen molar-refractivity contribution in [2.75, 3.05) is 13.1 Å². The van der Waals surface area contributed by atoms with Gasteiger partial charge in [-0.3, -0.25) is 10.1 Å². The van der Waals surface area contributed by atoms with Crippen molar-refractivity contribution in [2.24, 2.45) is 4.99 Å². The molecule has 0 atom stereocenters. The molecule has 0 spiro atoms. The summed E-state index contributed by atoms with van der Waals surface area (Å²) in [6, 6.07) is 5.85. The number of hydrogen-bond acceptors (Lipinski definition) is 4. The van der Waals surface area contributed by atoms with Crippen molar-refractivity contribution in [3.63, 3.8) is 0 Å².